The summed E-state index contributed by atoms with van der Waals surface area (Å²) in [6, 6.07) is 10.8. The Bertz CT molecular complexity index is 823. The summed E-state index contributed by atoms with van der Waals surface area (Å²) in [7, 11) is -2.78. The zero-order valence-electron chi connectivity index (χ0n) is 12.9. The predicted octanol–water partition coefficient (Wildman–Crippen LogP) is 4.74. The second-order valence-electron chi connectivity index (χ2n) is 5.25. The molecule has 0 radical (unpaired) electrons. The lowest BCUT2D eigenvalue weighted by molar-refractivity contribution is -0.137. The first-order valence-electron chi connectivity index (χ1n) is 6.95. The molecular weight excluding hydrogens is 363 g/mol. The van der Waals surface area contributed by atoms with Gasteiger partial charge < -0.3 is 0 Å². The maximum absolute atomic E-state index is 12.9. The molecule has 2 rings (SSSR count). The number of alkyl halides is 3. The van der Waals surface area contributed by atoms with E-state index in [2.05, 4.69) is 0 Å². The first kappa shape index (κ1) is 18.8. The van der Waals surface area contributed by atoms with Crippen molar-refractivity contribution in [3.05, 3.63) is 64.7 Å². The van der Waals surface area contributed by atoms with Gasteiger partial charge in [-0.2, -0.15) is 17.5 Å². The van der Waals surface area contributed by atoms with Crippen molar-refractivity contribution in [2.45, 2.75) is 24.0 Å². The number of hydrogen-bond donors (Lipinski definition) is 0. The Morgan fingerprint density at radius 3 is 2.21 bits per heavy atom. The van der Waals surface area contributed by atoms with Gasteiger partial charge in [0.15, 0.2) is 0 Å². The molecule has 1 atom stereocenters. The molecular formula is C16H15ClF3NO2S. The third kappa shape index (κ3) is 3.74. The van der Waals surface area contributed by atoms with Crippen molar-refractivity contribution >= 4 is 21.6 Å². The minimum absolute atomic E-state index is 0.454. The van der Waals surface area contributed by atoms with Gasteiger partial charge in [-0.1, -0.05) is 41.9 Å². The molecule has 0 aliphatic heterocycles. The molecule has 0 spiro atoms. The second-order valence-corrected chi connectivity index (χ2v) is 7.65. The molecule has 130 valence electrons. The van der Waals surface area contributed by atoms with E-state index < -0.39 is 37.7 Å². The zero-order valence-corrected chi connectivity index (χ0v) is 14.5. The van der Waals surface area contributed by atoms with Crippen LogP contribution in [0.2, 0.25) is 5.02 Å². The summed E-state index contributed by atoms with van der Waals surface area (Å²) in [4.78, 5) is -0.454. The fourth-order valence-electron chi connectivity index (χ4n) is 2.20. The van der Waals surface area contributed by atoms with Crippen LogP contribution in [0.5, 0.6) is 0 Å². The minimum atomic E-state index is -4.73. The third-order valence-electron chi connectivity index (χ3n) is 3.75. The van der Waals surface area contributed by atoms with Crippen LogP contribution < -0.4 is 0 Å². The molecule has 0 saturated carbocycles. The van der Waals surface area contributed by atoms with Crippen molar-refractivity contribution < 1.29 is 21.6 Å². The first-order valence-corrected chi connectivity index (χ1v) is 8.76. The Morgan fingerprint density at radius 2 is 1.67 bits per heavy atom. The number of hydrogen-bond acceptors (Lipinski definition) is 2. The lowest BCUT2D eigenvalue weighted by Crippen LogP contribution is -2.30. The van der Waals surface area contributed by atoms with Crippen molar-refractivity contribution in [1.29, 1.82) is 0 Å². The molecule has 2 aromatic carbocycles. The smallest absolute Gasteiger partial charge is 0.207 e. The van der Waals surface area contributed by atoms with Crippen LogP contribution in [0.25, 0.3) is 0 Å². The van der Waals surface area contributed by atoms with Crippen LogP contribution in [0.4, 0.5) is 13.2 Å². The van der Waals surface area contributed by atoms with Gasteiger partial charge in [-0.25, -0.2) is 8.42 Å². The minimum Gasteiger partial charge on any atom is -0.207 e. The van der Waals surface area contributed by atoms with Gasteiger partial charge in [0.05, 0.1) is 15.5 Å². The van der Waals surface area contributed by atoms with Crippen LogP contribution in [0.15, 0.2) is 53.4 Å². The Labute approximate surface area is 143 Å². The average Bonchev–Trinajstić information content (AvgIpc) is 2.53. The monoisotopic (exact) mass is 377 g/mol. The molecule has 0 aliphatic rings. The van der Waals surface area contributed by atoms with Crippen molar-refractivity contribution in [1.82, 2.24) is 4.31 Å². The number of halogens is 4. The number of sulfonamides is 1. The van der Waals surface area contributed by atoms with Gasteiger partial charge in [0.2, 0.25) is 10.0 Å². The second kappa shape index (κ2) is 6.74. The van der Waals surface area contributed by atoms with Crippen LogP contribution >= 0.6 is 11.6 Å². The molecule has 0 heterocycles. The summed E-state index contributed by atoms with van der Waals surface area (Å²) < 4.78 is 65.2. The highest BCUT2D eigenvalue weighted by atomic mass is 35.5. The largest absolute Gasteiger partial charge is 0.417 e. The highest BCUT2D eigenvalue weighted by Gasteiger charge is 2.35. The molecule has 1 unspecified atom stereocenters. The predicted molar refractivity (Wildman–Crippen MR) is 86.3 cm³/mol. The van der Waals surface area contributed by atoms with E-state index in [1.807, 2.05) is 0 Å². The molecule has 8 heteroatoms. The molecule has 24 heavy (non-hydrogen) atoms. The van der Waals surface area contributed by atoms with Crippen LogP contribution in [-0.2, 0) is 16.2 Å². The van der Waals surface area contributed by atoms with E-state index in [1.54, 1.807) is 37.3 Å². The van der Waals surface area contributed by atoms with Gasteiger partial charge in [0.25, 0.3) is 0 Å². The van der Waals surface area contributed by atoms with Gasteiger partial charge in [0, 0.05) is 13.1 Å². The van der Waals surface area contributed by atoms with Gasteiger partial charge in [0.1, 0.15) is 0 Å². The molecule has 0 N–H and O–H groups in total. The van der Waals surface area contributed by atoms with Crippen LogP contribution in [-0.4, -0.2) is 19.8 Å². The van der Waals surface area contributed by atoms with Crippen molar-refractivity contribution in [3.8, 4) is 0 Å². The molecule has 0 saturated heterocycles. The lowest BCUT2D eigenvalue weighted by Gasteiger charge is -2.25. The van der Waals surface area contributed by atoms with E-state index in [0.29, 0.717) is 6.07 Å². The van der Waals surface area contributed by atoms with Crippen LogP contribution in [0.3, 0.4) is 0 Å². The highest BCUT2D eigenvalue weighted by molar-refractivity contribution is 7.89. The van der Waals surface area contributed by atoms with Gasteiger partial charge in [-0.05, 0) is 30.7 Å². The molecule has 0 fully saturated rings. The van der Waals surface area contributed by atoms with Crippen molar-refractivity contribution in [2.24, 2.45) is 0 Å². The molecule has 2 aromatic rings. The summed E-state index contributed by atoms with van der Waals surface area (Å²) in [5, 5.41) is -0.541. The first-order chi connectivity index (χ1) is 11.0. The normalized spacial score (nSPS) is 14.0. The quantitative estimate of drug-likeness (QED) is 0.771. The van der Waals surface area contributed by atoms with Crippen molar-refractivity contribution in [2.75, 3.05) is 7.05 Å². The molecule has 0 amide bonds. The zero-order chi connectivity index (χ0) is 18.1. The van der Waals surface area contributed by atoms with E-state index in [4.69, 9.17) is 11.6 Å². The number of nitrogens with zero attached hydrogens (tertiary/aromatic N) is 1. The van der Waals surface area contributed by atoms with E-state index in [-0.39, 0.29) is 0 Å². The van der Waals surface area contributed by atoms with E-state index in [1.165, 1.54) is 7.05 Å². The standard InChI is InChI=1S/C16H15ClF3NO2S/c1-11(12-6-4-3-5-7-12)21(2)24(22,23)13-8-9-15(17)14(10-13)16(18,19)20/h3-11H,1-2H3. The summed E-state index contributed by atoms with van der Waals surface area (Å²) in [6.45, 7) is 1.66. The van der Waals surface area contributed by atoms with Gasteiger partial charge in [-0.15, -0.1) is 0 Å². The fraction of sp³-hybridized carbons (Fsp3) is 0.250. The fourth-order valence-corrected chi connectivity index (χ4v) is 3.80. The Balaban J connectivity index is 2.44. The van der Waals surface area contributed by atoms with E-state index >= 15 is 0 Å². The maximum atomic E-state index is 12.9. The summed E-state index contributed by atoms with van der Waals surface area (Å²) >= 11 is 5.54. The lowest BCUT2D eigenvalue weighted by atomic mass is 10.1. The number of rotatable bonds is 4. The van der Waals surface area contributed by atoms with E-state index in [0.717, 1.165) is 22.0 Å². The van der Waals surface area contributed by atoms with Gasteiger partial charge >= 0.3 is 6.18 Å². The molecule has 0 aromatic heterocycles. The molecule has 3 nitrogen and oxygen atoms in total. The SMILES string of the molecule is CC(c1ccccc1)N(C)S(=O)(=O)c1ccc(Cl)c(C(F)(F)F)c1. The molecule has 0 aliphatic carbocycles. The Morgan fingerprint density at radius 1 is 1.08 bits per heavy atom. The van der Waals surface area contributed by atoms with Crippen LogP contribution in [0, 0.1) is 0 Å². The highest BCUT2D eigenvalue weighted by Crippen LogP contribution is 2.37. The Kier molecular flexibility index (Phi) is 5.27. The summed E-state index contributed by atoms with van der Waals surface area (Å²) in [5.74, 6) is 0. The van der Waals surface area contributed by atoms with E-state index in [9.17, 15) is 21.6 Å². The van der Waals surface area contributed by atoms with Gasteiger partial charge in [-0.3, -0.25) is 0 Å². The topological polar surface area (TPSA) is 37.4 Å². The van der Waals surface area contributed by atoms with Crippen LogP contribution in [0.1, 0.15) is 24.1 Å². The Hall–Kier alpha value is -1.57. The summed E-state index contributed by atoms with van der Waals surface area (Å²) in [6.07, 6.45) is -4.73. The number of benzene rings is 2. The van der Waals surface area contributed by atoms with Crippen molar-refractivity contribution in [3.63, 3.8) is 0 Å². The maximum Gasteiger partial charge on any atom is 0.417 e. The molecule has 0 bridgehead atoms. The average molecular weight is 378 g/mol. The summed E-state index contributed by atoms with van der Waals surface area (Å²) in [5.41, 5.74) is -0.445. The third-order valence-corrected chi connectivity index (χ3v) is 6.00.